The Morgan fingerprint density at radius 3 is 2.93 bits per heavy atom. The summed E-state index contributed by atoms with van der Waals surface area (Å²) in [6.07, 6.45) is 4.40. The average Bonchev–Trinajstić information content (AvgIpc) is 2.86. The van der Waals surface area contributed by atoms with Crippen molar-refractivity contribution in [2.45, 2.75) is 45.7 Å². The maximum Gasteiger partial charge on any atom is 0.253 e. The molecular weight excluding hydrogens is 420 g/mol. The number of amides is 1. The Morgan fingerprint density at radius 1 is 1.25 bits per heavy atom. The van der Waals surface area contributed by atoms with Crippen LogP contribution in [0.5, 0.6) is 5.75 Å². The van der Waals surface area contributed by atoms with E-state index in [2.05, 4.69) is 30.8 Å². The quantitative estimate of drug-likeness (QED) is 0.658. The lowest BCUT2D eigenvalue weighted by molar-refractivity contribution is 0.0952. The first-order chi connectivity index (χ1) is 13.6. The van der Waals surface area contributed by atoms with Crippen LogP contribution in [0, 0.1) is 6.92 Å². The van der Waals surface area contributed by atoms with Crippen molar-refractivity contribution in [3.05, 3.63) is 51.4 Å². The van der Waals surface area contributed by atoms with Gasteiger partial charge in [-0.3, -0.25) is 4.79 Å². The Kier molecular flexibility index (Phi) is 5.35. The van der Waals surface area contributed by atoms with E-state index in [-0.39, 0.29) is 5.91 Å². The highest BCUT2D eigenvalue weighted by molar-refractivity contribution is 9.10. The minimum absolute atomic E-state index is 0.147. The molecule has 0 unspecified atom stereocenters. The van der Waals surface area contributed by atoms with Crippen LogP contribution in [0.4, 0.5) is 0 Å². The maximum absolute atomic E-state index is 13.0. The number of imidazole rings is 1. The van der Waals surface area contributed by atoms with E-state index in [1.54, 1.807) is 7.11 Å². The molecule has 0 atom stereocenters. The van der Waals surface area contributed by atoms with Gasteiger partial charge in [0.2, 0.25) is 0 Å². The number of fused-ring (bicyclic) bond motifs is 3. The Balaban J connectivity index is 1.65. The predicted octanol–water partition coefficient (Wildman–Crippen LogP) is 4.17. The van der Waals surface area contributed by atoms with Gasteiger partial charge in [-0.25, -0.2) is 9.97 Å². The van der Waals surface area contributed by atoms with Crippen LogP contribution in [0.3, 0.4) is 0 Å². The molecule has 0 saturated heterocycles. The van der Waals surface area contributed by atoms with Crippen LogP contribution in [-0.2, 0) is 19.5 Å². The zero-order valence-corrected chi connectivity index (χ0v) is 17.7. The zero-order chi connectivity index (χ0) is 19.7. The Bertz CT molecular complexity index is 1040. The number of nitrogens with zero attached hydrogens (tertiary/aromatic N) is 3. The molecule has 0 fully saturated rings. The van der Waals surface area contributed by atoms with Crippen molar-refractivity contribution in [2.24, 2.45) is 0 Å². The number of aryl methyl sites for hydroxylation is 3. The molecule has 2 aromatic heterocycles. The highest BCUT2D eigenvalue weighted by Gasteiger charge is 2.21. The number of pyridine rings is 1. The van der Waals surface area contributed by atoms with Crippen LogP contribution in [0.25, 0.3) is 11.2 Å². The molecule has 0 saturated carbocycles. The minimum atomic E-state index is -0.147. The SMILES string of the molecule is COc1ccc(Br)cc1CNC(=O)c1cc(C)nc2c1nc1n2CCCCC1. The fourth-order valence-electron chi connectivity index (χ4n) is 3.74. The van der Waals surface area contributed by atoms with Crippen LogP contribution in [-0.4, -0.2) is 27.6 Å². The summed E-state index contributed by atoms with van der Waals surface area (Å²) in [6.45, 7) is 3.21. The molecule has 6 nitrogen and oxygen atoms in total. The summed E-state index contributed by atoms with van der Waals surface area (Å²) in [5.74, 6) is 1.63. The molecule has 0 bridgehead atoms. The van der Waals surface area contributed by atoms with Crippen molar-refractivity contribution in [3.63, 3.8) is 0 Å². The summed E-state index contributed by atoms with van der Waals surface area (Å²) in [7, 11) is 1.63. The van der Waals surface area contributed by atoms with Crippen molar-refractivity contribution in [1.29, 1.82) is 0 Å². The second-order valence-corrected chi connectivity index (χ2v) is 8.03. The molecule has 0 spiro atoms. The Hall–Kier alpha value is -2.41. The molecule has 146 valence electrons. The smallest absolute Gasteiger partial charge is 0.253 e. The first-order valence-corrected chi connectivity index (χ1v) is 10.3. The largest absolute Gasteiger partial charge is 0.496 e. The van der Waals surface area contributed by atoms with Crippen molar-refractivity contribution in [1.82, 2.24) is 19.9 Å². The number of nitrogens with one attached hydrogen (secondary N) is 1. The van der Waals surface area contributed by atoms with E-state index in [4.69, 9.17) is 9.72 Å². The number of hydrogen-bond donors (Lipinski definition) is 1. The third-order valence-corrected chi connectivity index (χ3v) is 5.61. The minimum Gasteiger partial charge on any atom is -0.496 e. The molecule has 7 heteroatoms. The summed E-state index contributed by atoms with van der Waals surface area (Å²) in [5, 5.41) is 3.01. The molecule has 3 aromatic rings. The van der Waals surface area contributed by atoms with Gasteiger partial charge < -0.3 is 14.6 Å². The van der Waals surface area contributed by atoms with Gasteiger partial charge in [0.1, 0.15) is 17.1 Å². The molecule has 1 amide bonds. The van der Waals surface area contributed by atoms with Crippen molar-refractivity contribution >= 4 is 33.0 Å². The third-order valence-electron chi connectivity index (χ3n) is 5.12. The second-order valence-electron chi connectivity index (χ2n) is 7.11. The van der Waals surface area contributed by atoms with Gasteiger partial charge in [0.15, 0.2) is 5.65 Å². The number of halogens is 1. The van der Waals surface area contributed by atoms with E-state index in [1.165, 1.54) is 6.42 Å². The van der Waals surface area contributed by atoms with E-state index in [1.807, 2.05) is 31.2 Å². The fourth-order valence-corrected chi connectivity index (χ4v) is 4.15. The number of carbonyl (C=O) groups excluding carboxylic acids is 1. The third kappa shape index (κ3) is 3.63. The lowest BCUT2D eigenvalue weighted by Crippen LogP contribution is -2.23. The Labute approximate surface area is 172 Å². The van der Waals surface area contributed by atoms with Gasteiger partial charge in [0.25, 0.3) is 5.91 Å². The fraction of sp³-hybridized carbons (Fsp3) is 0.381. The van der Waals surface area contributed by atoms with E-state index in [0.717, 1.165) is 58.8 Å². The molecule has 1 aliphatic heterocycles. The van der Waals surface area contributed by atoms with Gasteiger partial charge in [0, 0.05) is 35.2 Å². The first-order valence-electron chi connectivity index (χ1n) is 9.54. The standard InChI is InChI=1S/C21H23BrN4O2/c1-13-10-16(19-20(24-13)26-9-5-3-4-6-18(26)25-19)21(27)23-12-14-11-15(22)7-8-17(14)28-2/h7-8,10-11H,3-6,9,12H2,1-2H3,(H,23,27). The van der Waals surface area contributed by atoms with Gasteiger partial charge >= 0.3 is 0 Å². The van der Waals surface area contributed by atoms with Crippen molar-refractivity contribution in [2.75, 3.05) is 7.11 Å². The summed E-state index contributed by atoms with van der Waals surface area (Å²) in [5.41, 5.74) is 3.83. The number of rotatable bonds is 4. The molecule has 1 N–H and O–H groups in total. The van der Waals surface area contributed by atoms with Crippen LogP contribution >= 0.6 is 15.9 Å². The molecular formula is C21H23BrN4O2. The van der Waals surface area contributed by atoms with Gasteiger partial charge in [-0.05, 0) is 44.0 Å². The number of aromatic nitrogens is 3. The number of benzene rings is 1. The summed E-state index contributed by atoms with van der Waals surface area (Å²) in [4.78, 5) is 22.5. The topological polar surface area (TPSA) is 69.0 Å². The first kappa shape index (κ1) is 18.9. The highest BCUT2D eigenvalue weighted by Crippen LogP contribution is 2.25. The highest BCUT2D eigenvalue weighted by atomic mass is 79.9. The lowest BCUT2D eigenvalue weighted by Gasteiger charge is -2.11. The van der Waals surface area contributed by atoms with Gasteiger partial charge in [-0.15, -0.1) is 0 Å². The molecule has 0 aliphatic carbocycles. The summed E-state index contributed by atoms with van der Waals surface area (Å²) in [6, 6.07) is 7.57. The summed E-state index contributed by atoms with van der Waals surface area (Å²) < 4.78 is 8.52. The molecule has 3 heterocycles. The molecule has 0 radical (unpaired) electrons. The second kappa shape index (κ2) is 7.91. The van der Waals surface area contributed by atoms with Gasteiger partial charge in [0.05, 0.1) is 12.7 Å². The Morgan fingerprint density at radius 2 is 2.11 bits per heavy atom. The number of hydrogen-bond acceptors (Lipinski definition) is 4. The van der Waals surface area contributed by atoms with Crippen LogP contribution < -0.4 is 10.1 Å². The molecule has 1 aliphatic rings. The zero-order valence-electron chi connectivity index (χ0n) is 16.1. The van der Waals surface area contributed by atoms with E-state index in [9.17, 15) is 4.79 Å². The van der Waals surface area contributed by atoms with Gasteiger partial charge in [-0.2, -0.15) is 0 Å². The van der Waals surface area contributed by atoms with E-state index >= 15 is 0 Å². The number of ether oxygens (including phenoxy) is 1. The molecule has 28 heavy (non-hydrogen) atoms. The number of carbonyl (C=O) groups is 1. The van der Waals surface area contributed by atoms with Crippen molar-refractivity contribution < 1.29 is 9.53 Å². The van der Waals surface area contributed by atoms with E-state index < -0.39 is 0 Å². The van der Waals surface area contributed by atoms with Crippen LogP contribution in [0.15, 0.2) is 28.7 Å². The van der Waals surface area contributed by atoms with Gasteiger partial charge in [-0.1, -0.05) is 22.4 Å². The normalized spacial score (nSPS) is 13.8. The monoisotopic (exact) mass is 442 g/mol. The molecule has 1 aromatic carbocycles. The number of methoxy groups -OCH3 is 1. The van der Waals surface area contributed by atoms with Crippen LogP contribution in [0.2, 0.25) is 0 Å². The van der Waals surface area contributed by atoms with Crippen LogP contribution in [0.1, 0.15) is 46.7 Å². The summed E-state index contributed by atoms with van der Waals surface area (Å²) >= 11 is 3.47. The average molecular weight is 443 g/mol. The van der Waals surface area contributed by atoms with Crippen molar-refractivity contribution in [3.8, 4) is 5.75 Å². The molecule has 4 rings (SSSR count). The lowest BCUT2D eigenvalue weighted by atomic mass is 10.1. The van der Waals surface area contributed by atoms with E-state index in [0.29, 0.717) is 17.6 Å². The predicted molar refractivity (Wildman–Crippen MR) is 112 cm³/mol. The maximum atomic E-state index is 13.0.